The Kier molecular flexibility index (Phi) is 7.12. The highest BCUT2D eigenvalue weighted by Gasteiger charge is 2.05. The molecular weight excluding hydrogens is 382 g/mol. The number of nitrogens with zero attached hydrogens (tertiary/aromatic N) is 1. The van der Waals surface area contributed by atoms with Gasteiger partial charge in [0.25, 0.3) is 0 Å². The molecule has 0 atom stereocenters. The second kappa shape index (κ2) is 9.08. The van der Waals surface area contributed by atoms with Crippen molar-refractivity contribution >= 4 is 44.4 Å². The van der Waals surface area contributed by atoms with Gasteiger partial charge in [-0.3, -0.25) is 4.79 Å². The number of hydrogen-bond donors (Lipinski definition) is 0. The third-order valence-corrected chi connectivity index (χ3v) is 4.02. The van der Waals surface area contributed by atoms with E-state index in [2.05, 4.69) is 20.9 Å². The van der Waals surface area contributed by atoms with Crippen molar-refractivity contribution in [2.75, 3.05) is 13.2 Å². The van der Waals surface area contributed by atoms with Gasteiger partial charge in [0.1, 0.15) is 10.4 Å². The summed E-state index contributed by atoms with van der Waals surface area (Å²) in [6.45, 7) is 2.87. The molecule has 6 heteroatoms. The number of benzene rings is 1. The van der Waals surface area contributed by atoms with Crippen LogP contribution in [0, 0.1) is 0 Å². The summed E-state index contributed by atoms with van der Waals surface area (Å²) in [6, 6.07) is 7.45. The Hall–Kier alpha value is -1.33. The smallest absolute Gasteiger partial charge is 0.305 e. The minimum atomic E-state index is -0.128. The Morgan fingerprint density at radius 3 is 2.87 bits per heavy atom. The number of carbonyl (C=O) groups is 1. The maximum absolute atomic E-state index is 11.2. The quantitative estimate of drug-likeness (QED) is 0.349. The number of halogens is 2. The van der Waals surface area contributed by atoms with Gasteiger partial charge in [-0.15, -0.1) is 0 Å². The number of aromatic nitrogens is 1. The molecule has 0 bridgehead atoms. The fraction of sp³-hybridized carbons (Fsp3) is 0.412. The van der Waals surface area contributed by atoms with E-state index in [4.69, 9.17) is 21.1 Å². The lowest BCUT2D eigenvalue weighted by Gasteiger charge is -2.08. The predicted octanol–water partition coefficient (Wildman–Crippen LogP) is 5.15. The summed E-state index contributed by atoms with van der Waals surface area (Å²) in [4.78, 5) is 15.6. The molecule has 0 aliphatic heterocycles. The van der Waals surface area contributed by atoms with Gasteiger partial charge < -0.3 is 9.47 Å². The van der Waals surface area contributed by atoms with E-state index < -0.39 is 0 Å². The average molecular weight is 401 g/mol. The number of pyridine rings is 1. The van der Waals surface area contributed by atoms with Crippen molar-refractivity contribution in [3.05, 3.63) is 33.9 Å². The summed E-state index contributed by atoms with van der Waals surface area (Å²) in [5, 5.41) is 1.56. The number of rotatable bonds is 8. The molecule has 0 amide bonds. The molecule has 0 aliphatic rings. The lowest BCUT2D eigenvalue weighted by molar-refractivity contribution is -0.143. The van der Waals surface area contributed by atoms with Crippen LogP contribution in [0.15, 0.2) is 28.9 Å². The molecule has 1 aromatic heterocycles. The Morgan fingerprint density at radius 1 is 1.26 bits per heavy atom. The van der Waals surface area contributed by atoms with E-state index in [-0.39, 0.29) is 5.97 Å². The van der Waals surface area contributed by atoms with Crippen LogP contribution in [0.1, 0.15) is 32.6 Å². The molecule has 4 nitrogen and oxygen atoms in total. The van der Waals surface area contributed by atoms with Gasteiger partial charge in [0.05, 0.1) is 23.8 Å². The third-order valence-electron chi connectivity index (χ3n) is 3.30. The van der Waals surface area contributed by atoms with E-state index in [0.717, 1.165) is 35.9 Å². The predicted molar refractivity (Wildman–Crippen MR) is 95.0 cm³/mol. The van der Waals surface area contributed by atoms with E-state index in [1.54, 1.807) is 6.07 Å². The molecule has 124 valence electrons. The highest BCUT2D eigenvalue weighted by Crippen LogP contribution is 2.28. The van der Waals surface area contributed by atoms with Crippen LogP contribution in [0.2, 0.25) is 5.02 Å². The first kappa shape index (κ1) is 18.0. The van der Waals surface area contributed by atoms with Crippen LogP contribution in [0.5, 0.6) is 5.75 Å². The molecule has 0 spiro atoms. The maximum Gasteiger partial charge on any atom is 0.305 e. The van der Waals surface area contributed by atoms with E-state index in [1.807, 2.05) is 25.1 Å². The summed E-state index contributed by atoms with van der Waals surface area (Å²) in [5.74, 6) is 0.640. The first-order valence-corrected chi connectivity index (χ1v) is 8.81. The lowest BCUT2D eigenvalue weighted by Crippen LogP contribution is -2.04. The van der Waals surface area contributed by atoms with Crippen molar-refractivity contribution in [3.63, 3.8) is 0 Å². The number of carbonyl (C=O) groups excluding carboxylic acids is 1. The van der Waals surface area contributed by atoms with Crippen LogP contribution in [0.25, 0.3) is 10.9 Å². The van der Waals surface area contributed by atoms with Gasteiger partial charge in [0, 0.05) is 17.9 Å². The Morgan fingerprint density at radius 2 is 2.09 bits per heavy atom. The highest BCUT2D eigenvalue weighted by atomic mass is 79.9. The SMILES string of the molecule is CCOC(=O)CCCCCOc1ccc2c(Cl)cc(Br)nc2c1. The molecule has 23 heavy (non-hydrogen) atoms. The second-order valence-electron chi connectivity index (χ2n) is 5.07. The largest absolute Gasteiger partial charge is 0.494 e. The third kappa shape index (κ3) is 5.66. The van der Waals surface area contributed by atoms with Crippen LogP contribution in [0.3, 0.4) is 0 Å². The minimum absolute atomic E-state index is 0.128. The molecule has 2 rings (SSSR count). The summed E-state index contributed by atoms with van der Waals surface area (Å²) >= 11 is 9.51. The van der Waals surface area contributed by atoms with Crippen molar-refractivity contribution < 1.29 is 14.3 Å². The summed E-state index contributed by atoms with van der Waals surface area (Å²) in [5.41, 5.74) is 0.796. The van der Waals surface area contributed by atoms with Crippen molar-refractivity contribution in [2.24, 2.45) is 0 Å². The van der Waals surface area contributed by atoms with Crippen LogP contribution in [-0.4, -0.2) is 24.2 Å². The first-order valence-electron chi connectivity index (χ1n) is 7.64. The summed E-state index contributed by atoms with van der Waals surface area (Å²) < 4.78 is 11.3. The van der Waals surface area contributed by atoms with Crippen molar-refractivity contribution in [1.29, 1.82) is 0 Å². The fourth-order valence-electron chi connectivity index (χ4n) is 2.20. The molecule has 0 aliphatic carbocycles. The van der Waals surface area contributed by atoms with Gasteiger partial charge in [-0.05, 0) is 60.3 Å². The molecule has 0 fully saturated rings. The molecule has 0 N–H and O–H groups in total. The topological polar surface area (TPSA) is 48.4 Å². The van der Waals surface area contributed by atoms with Crippen LogP contribution in [0.4, 0.5) is 0 Å². The second-order valence-corrected chi connectivity index (χ2v) is 6.29. The van der Waals surface area contributed by atoms with Crippen LogP contribution in [-0.2, 0) is 9.53 Å². The van der Waals surface area contributed by atoms with Crippen molar-refractivity contribution in [1.82, 2.24) is 4.98 Å². The Balaban J connectivity index is 1.78. The number of hydrogen-bond acceptors (Lipinski definition) is 4. The van der Waals surface area contributed by atoms with Gasteiger partial charge in [0.2, 0.25) is 0 Å². The molecule has 0 radical (unpaired) electrons. The number of unbranched alkanes of at least 4 members (excludes halogenated alkanes) is 2. The van der Waals surface area contributed by atoms with Gasteiger partial charge in [-0.25, -0.2) is 4.98 Å². The molecule has 1 heterocycles. The van der Waals surface area contributed by atoms with Crippen molar-refractivity contribution in [2.45, 2.75) is 32.6 Å². The number of fused-ring (bicyclic) bond motifs is 1. The van der Waals surface area contributed by atoms with Gasteiger partial charge in [-0.2, -0.15) is 0 Å². The van der Waals surface area contributed by atoms with Crippen molar-refractivity contribution in [3.8, 4) is 5.75 Å². The van der Waals surface area contributed by atoms with Gasteiger partial charge in [0.15, 0.2) is 0 Å². The van der Waals surface area contributed by atoms with Crippen LogP contribution >= 0.6 is 27.5 Å². The molecule has 2 aromatic rings. The molecule has 0 saturated carbocycles. The molecule has 0 unspecified atom stereocenters. The monoisotopic (exact) mass is 399 g/mol. The Bertz CT molecular complexity index is 678. The van der Waals surface area contributed by atoms with Crippen LogP contribution < -0.4 is 4.74 Å². The minimum Gasteiger partial charge on any atom is -0.494 e. The zero-order valence-electron chi connectivity index (χ0n) is 13.0. The number of ether oxygens (including phenoxy) is 2. The van der Waals surface area contributed by atoms with E-state index in [9.17, 15) is 4.79 Å². The first-order chi connectivity index (χ1) is 11.1. The van der Waals surface area contributed by atoms with E-state index in [0.29, 0.717) is 29.3 Å². The number of esters is 1. The maximum atomic E-state index is 11.2. The summed E-state index contributed by atoms with van der Waals surface area (Å²) in [7, 11) is 0. The standard InChI is InChI=1S/C17H19BrClNO3/c1-2-22-17(21)6-4-3-5-9-23-12-7-8-13-14(19)11-16(18)20-15(13)10-12/h7-8,10-11H,2-6,9H2,1H3. The van der Waals surface area contributed by atoms with E-state index in [1.165, 1.54) is 0 Å². The average Bonchev–Trinajstić information content (AvgIpc) is 2.50. The highest BCUT2D eigenvalue weighted by molar-refractivity contribution is 9.10. The lowest BCUT2D eigenvalue weighted by atomic mass is 10.2. The zero-order valence-corrected chi connectivity index (χ0v) is 15.3. The molecular formula is C17H19BrClNO3. The summed E-state index contributed by atoms with van der Waals surface area (Å²) in [6.07, 6.45) is 3.12. The normalized spacial score (nSPS) is 10.7. The Labute approximate surface area is 149 Å². The van der Waals surface area contributed by atoms with Gasteiger partial charge >= 0.3 is 5.97 Å². The van der Waals surface area contributed by atoms with Gasteiger partial charge in [-0.1, -0.05) is 11.6 Å². The molecule has 1 aromatic carbocycles. The fourth-order valence-corrected chi connectivity index (χ4v) is 3.01. The van der Waals surface area contributed by atoms with E-state index >= 15 is 0 Å². The zero-order chi connectivity index (χ0) is 16.7. The molecule has 0 saturated heterocycles.